The fourth-order valence-corrected chi connectivity index (χ4v) is 2.75. The Hall–Kier alpha value is -0.100. The van der Waals surface area contributed by atoms with Crippen LogP contribution in [0.3, 0.4) is 0 Å². The van der Waals surface area contributed by atoms with Crippen molar-refractivity contribution in [2.75, 3.05) is 13.1 Å². The Kier molecular flexibility index (Phi) is 7.99. The van der Waals surface area contributed by atoms with Crippen molar-refractivity contribution in [3.63, 3.8) is 0 Å². The zero-order chi connectivity index (χ0) is 14.3. The Morgan fingerprint density at radius 2 is 1.79 bits per heavy atom. The summed E-state index contributed by atoms with van der Waals surface area (Å²) in [5, 5.41) is 0. The number of hydrogen-bond donors (Lipinski definition) is 0. The summed E-state index contributed by atoms with van der Waals surface area (Å²) < 4.78 is 1.98. The van der Waals surface area contributed by atoms with Crippen LogP contribution in [0.4, 0.5) is 0 Å². The zero-order valence-corrected chi connectivity index (χ0v) is 15.3. The number of benzene rings is 1. The van der Waals surface area contributed by atoms with Gasteiger partial charge in [0.15, 0.2) is 0 Å². The van der Waals surface area contributed by atoms with Crippen LogP contribution in [-0.2, 0) is 0 Å². The third-order valence-electron chi connectivity index (χ3n) is 3.01. The van der Waals surface area contributed by atoms with E-state index in [0.29, 0.717) is 0 Å². The molecule has 2 nitrogen and oxygen atoms in total. The second kappa shape index (κ2) is 8.95. The number of carbonyl (C=O) groups is 1. The maximum atomic E-state index is 12.6. The summed E-state index contributed by atoms with van der Waals surface area (Å²) in [6.07, 6.45) is 4.36. The fraction of sp³-hybridized carbons (Fsp3) is 0.533. The van der Waals surface area contributed by atoms with Gasteiger partial charge in [-0.05, 0) is 69.6 Å². The third-order valence-corrected chi connectivity index (χ3v) is 4.37. The molecule has 19 heavy (non-hydrogen) atoms. The molecule has 0 aliphatic carbocycles. The molecule has 1 amide bonds. The van der Waals surface area contributed by atoms with Crippen LogP contribution in [0, 0.1) is 3.57 Å². The van der Waals surface area contributed by atoms with Gasteiger partial charge < -0.3 is 4.90 Å². The average Bonchev–Trinajstić information content (AvgIpc) is 2.41. The molecule has 106 valence electrons. The van der Waals surface area contributed by atoms with Gasteiger partial charge in [-0.1, -0.05) is 26.7 Å². The van der Waals surface area contributed by atoms with Gasteiger partial charge in [0.05, 0.1) is 5.56 Å². The van der Waals surface area contributed by atoms with Gasteiger partial charge >= 0.3 is 0 Å². The second-order valence-electron chi connectivity index (χ2n) is 4.62. The van der Waals surface area contributed by atoms with Crippen molar-refractivity contribution in [1.82, 2.24) is 4.90 Å². The number of nitrogens with zero attached hydrogens (tertiary/aromatic N) is 1. The Bertz CT molecular complexity index is 415. The average molecular weight is 438 g/mol. The molecule has 0 N–H and O–H groups in total. The highest BCUT2D eigenvalue weighted by Crippen LogP contribution is 2.21. The predicted molar refractivity (Wildman–Crippen MR) is 92.6 cm³/mol. The molecule has 0 saturated carbocycles. The van der Waals surface area contributed by atoms with Crippen LogP contribution >= 0.6 is 38.5 Å². The number of halogens is 2. The largest absolute Gasteiger partial charge is 0.339 e. The summed E-state index contributed by atoms with van der Waals surface area (Å²) in [4.78, 5) is 14.6. The molecule has 0 atom stereocenters. The quantitative estimate of drug-likeness (QED) is 0.543. The van der Waals surface area contributed by atoms with Gasteiger partial charge in [0.1, 0.15) is 0 Å². The lowest BCUT2D eigenvalue weighted by Gasteiger charge is -2.23. The van der Waals surface area contributed by atoms with Gasteiger partial charge in [0, 0.05) is 21.1 Å². The Labute approximate surface area is 138 Å². The van der Waals surface area contributed by atoms with Gasteiger partial charge in [-0.3, -0.25) is 4.79 Å². The van der Waals surface area contributed by atoms with Crippen LogP contribution in [0.15, 0.2) is 22.7 Å². The minimum Gasteiger partial charge on any atom is -0.339 e. The third kappa shape index (κ3) is 5.42. The highest BCUT2D eigenvalue weighted by Gasteiger charge is 2.17. The summed E-state index contributed by atoms with van der Waals surface area (Å²) >= 11 is 5.73. The van der Waals surface area contributed by atoms with Crippen molar-refractivity contribution >= 4 is 44.4 Å². The lowest BCUT2D eigenvalue weighted by molar-refractivity contribution is 0.0750. The first-order valence-electron chi connectivity index (χ1n) is 6.84. The van der Waals surface area contributed by atoms with Crippen molar-refractivity contribution in [2.24, 2.45) is 0 Å². The van der Waals surface area contributed by atoms with E-state index < -0.39 is 0 Å². The van der Waals surface area contributed by atoms with E-state index in [0.717, 1.165) is 52.4 Å². The lowest BCUT2D eigenvalue weighted by atomic mass is 10.1. The maximum Gasteiger partial charge on any atom is 0.255 e. The van der Waals surface area contributed by atoms with Gasteiger partial charge in [-0.15, -0.1) is 0 Å². The number of rotatable bonds is 7. The molecule has 1 aromatic rings. The molecule has 0 heterocycles. The zero-order valence-electron chi connectivity index (χ0n) is 11.6. The van der Waals surface area contributed by atoms with Crippen LogP contribution in [0.1, 0.15) is 49.9 Å². The lowest BCUT2D eigenvalue weighted by Crippen LogP contribution is -2.33. The van der Waals surface area contributed by atoms with Crippen LogP contribution < -0.4 is 0 Å². The first-order chi connectivity index (χ1) is 9.10. The molecule has 0 aliphatic rings. The minimum absolute atomic E-state index is 0.146. The minimum atomic E-state index is 0.146. The topological polar surface area (TPSA) is 20.3 Å². The molecule has 0 spiro atoms. The Morgan fingerprint density at radius 3 is 2.32 bits per heavy atom. The second-order valence-corrected chi connectivity index (χ2v) is 6.72. The van der Waals surface area contributed by atoms with Gasteiger partial charge in [-0.25, -0.2) is 0 Å². The smallest absolute Gasteiger partial charge is 0.255 e. The van der Waals surface area contributed by atoms with E-state index in [2.05, 4.69) is 52.4 Å². The van der Waals surface area contributed by atoms with E-state index in [1.54, 1.807) is 0 Å². The van der Waals surface area contributed by atoms with E-state index in [4.69, 9.17) is 0 Å². The van der Waals surface area contributed by atoms with Gasteiger partial charge in [0.2, 0.25) is 0 Å². The molecule has 0 bridgehead atoms. The van der Waals surface area contributed by atoms with Crippen molar-refractivity contribution in [3.8, 4) is 0 Å². The fourth-order valence-electron chi connectivity index (χ4n) is 1.84. The number of amides is 1. The van der Waals surface area contributed by atoms with E-state index in [1.165, 1.54) is 0 Å². The molecule has 1 aromatic carbocycles. The molecule has 0 fully saturated rings. The molecule has 4 heteroatoms. The van der Waals surface area contributed by atoms with Crippen LogP contribution in [0.5, 0.6) is 0 Å². The molecular formula is C15H21BrINO. The first kappa shape index (κ1) is 17.0. The van der Waals surface area contributed by atoms with E-state index in [-0.39, 0.29) is 5.91 Å². The molecule has 0 saturated heterocycles. The maximum absolute atomic E-state index is 12.6. The molecular weight excluding hydrogens is 417 g/mol. The van der Waals surface area contributed by atoms with Crippen LogP contribution in [-0.4, -0.2) is 23.9 Å². The summed E-state index contributed by atoms with van der Waals surface area (Å²) in [7, 11) is 0. The molecule has 0 radical (unpaired) electrons. The molecule has 0 unspecified atom stereocenters. The Balaban J connectivity index is 2.87. The summed E-state index contributed by atoms with van der Waals surface area (Å²) in [5.74, 6) is 0.146. The van der Waals surface area contributed by atoms with Crippen molar-refractivity contribution in [1.29, 1.82) is 0 Å². The number of hydrogen-bond acceptors (Lipinski definition) is 1. The molecule has 0 aromatic heterocycles. The summed E-state index contributed by atoms with van der Waals surface area (Å²) in [5.41, 5.74) is 0.777. The molecule has 0 aliphatic heterocycles. The van der Waals surface area contributed by atoms with Crippen molar-refractivity contribution in [3.05, 3.63) is 31.8 Å². The Morgan fingerprint density at radius 1 is 1.21 bits per heavy atom. The van der Waals surface area contributed by atoms with Gasteiger partial charge in [-0.2, -0.15) is 0 Å². The number of carbonyl (C=O) groups excluding carboxylic acids is 1. The summed E-state index contributed by atoms with van der Waals surface area (Å²) in [6.45, 7) is 6.02. The van der Waals surface area contributed by atoms with Crippen molar-refractivity contribution in [2.45, 2.75) is 39.5 Å². The number of unbranched alkanes of at least 4 members (excludes halogenated alkanes) is 2. The van der Waals surface area contributed by atoms with Crippen LogP contribution in [0.2, 0.25) is 0 Å². The monoisotopic (exact) mass is 437 g/mol. The summed E-state index contributed by atoms with van der Waals surface area (Å²) in [6, 6.07) is 5.91. The van der Waals surface area contributed by atoms with Gasteiger partial charge in [0.25, 0.3) is 5.91 Å². The van der Waals surface area contributed by atoms with Crippen molar-refractivity contribution < 1.29 is 4.79 Å². The van der Waals surface area contributed by atoms with E-state index in [9.17, 15) is 4.79 Å². The highest BCUT2D eigenvalue weighted by atomic mass is 127. The highest BCUT2D eigenvalue weighted by molar-refractivity contribution is 14.1. The SMILES string of the molecule is CCCCN(CCCC)C(=O)c1cc(I)ccc1Br. The molecule has 1 rings (SSSR count). The van der Waals surface area contributed by atoms with E-state index in [1.807, 2.05) is 23.1 Å². The van der Waals surface area contributed by atoms with E-state index >= 15 is 0 Å². The first-order valence-corrected chi connectivity index (χ1v) is 8.71. The normalized spacial score (nSPS) is 10.5. The predicted octanol–water partition coefficient (Wildman–Crippen LogP) is 5.10. The standard InChI is InChI=1S/C15H21BrINO/c1-3-5-9-18(10-6-4-2)15(19)13-11-12(17)7-8-14(13)16/h7-8,11H,3-6,9-10H2,1-2H3. The van der Waals surface area contributed by atoms with Crippen LogP contribution in [0.25, 0.3) is 0 Å².